The number of aliphatic hydroxyl groups excluding tert-OH is 2. The molecular formula is C23H38N2O5. The second-order valence-corrected chi connectivity index (χ2v) is 8.37. The number of nitrogens with one attached hydrogen (secondary N) is 2. The van der Waals surface area contributed by atoms with Crippen molar-refractivity contribution in [1.82, 2.24) is 5.48 Å². The lowest BCUT2D eigenvalue weighted by molar-refractivity contribution is -0.140. The molecule has 1 aliphatic carbocycles. The SMILES string of the molecule is COC(=O)CCCCCC[C@H]1[C@@H](O)CC(NO)[C@@H]1CC[C@@H](O)CNc1ccccc1. The van der Waals surface area contributed by atoms with Gasteiger partial charge in [-0.2, -0.15) is 0 Å². The number of para-hydroxylation sites is 1. The maximum Gasteiger partial charge on any atom is 0.305 e. The van der Waals surface area contributed by atoms with Gasteiger partial charge in [-0.1, -0.05) is 37.5 Å². The Bertz CT molecular complexity index is 601. The largest absolute Gasteiger partial charge is 0.469 e. The molecule has 30 heavy (non-hydrogen) atoms. The molecule has 0 amide bonds. The molecule has 1 saturated carbocycles. The number of anilines is 1. The van der Waals surface area contributed by atoms with E-state index < -0.39 is 12.2 Å². The van der Waals surface area contributed by atoms with E-state index in [9.17, 15) is 20.2 Å². The number of rotatable bonds is 14. The molecule has 0 saturated heterocycles. The fraction of sp³-hybridized carbons (Fsp3) is 0.696. The number of esters is 1. The molecule has 0 aromatic heterocycles. The van der Waals surface area contributed by atoms with Crippen molar-refractivity contribution in [3.05, 3.63) is 30.3 Å². The molecule has 0 radical (unpaired) electrons. The summed E-state index contributed by atoms with van der Waals surface area (Å²) in [6, 6.07) is 9.64. The Morgan fingerprint density at radius 1 is 1.13 bits per heavy atom. The summed E-state index contributed by atoms with van der Waals surface area (Å²) < 4.78 is 4.65. The molecule has 2 rings (SSSR count). The van der Waals surface area contributed by atoms with Crippen molar-refractivity contribution in [2.24, 2.45) is 11.8 Å². The molecular weight excluding hydrogens is 384 g/mol. The molecule has 1 aromatic carbocycles. The third-order valence-electron chi connectivity index (χ3n) is 6.27. The fourth-order valence-corrected chi connectivity index (χ4v) is 4.55. The topological polar surface area (TPSA) is 111 Å². The number of hydrogen-bond acceptors (Lipinski definition) is 7. The third-order valence-corrected chi connectivity index (χ3v) is 6.27. The average molecular weight is 423 g/mol. The summed E-state index contributed by atoms with van der Waals surface area (Å²) in [5.41, 5.74) is 3.36. The first kappa shape index (κ1) is 24.6. The second-order valence-electron chi connectivity index (χ2n) is 8.37. The van der Waals surface area contributed by atoms with Crippen LogP contribution >= 0.6 is 0 Å². The zero-order valence-electron chi connectivity index (χ0n) is 18.0. The molecule has 0 aliphatic heterocycles. The van der Waals surface area contributed by atoms with E-state index in [0.29, 0.717) is 25.8 Å². The molecule has 1 aromatic rings. The van der Waals surface area contributed by atoms with Gasteiger partial charge in [0.05, 0.1) is 19.3 Å². The first-order valence-electron chi connectivity index (χ1n) is 11.2. The predicted molar refractivity (Wildman–Crippen MR) is 116 cm³/mol. The Morgan fingerprint density at radius 2 is 1.87 bits per heavy atom. The van der Waals surface area contributed by atoms with Crippen LogP contribution in [0.4, 0.5) is 5.69 Å². The quantitative estimate of drug-likeness (QED) is 0.178. The lowest BCUT2D eigenvalue weighted by atomic mass is 9.84. The standard InChI is InChI=1S/C23H38N2O5/c1-30-23(28)12-8-3-2-7-11-20-19(21(25-29)15-22(20)27)14-13-18(26)16-24-17-9-5-4-6-10-17/h4-6,9-10,18-22,24-27,29H,2-3,7-8,11-16H2,1H3/t18-,19-,20-,21?,22+/m1/s1. The van der Waals surface area contributed by atoms with Crippen LogP contribution in [-0.2, 0) is 9.53 Å². The minimum Gasteiger partial charge on any atom is -0.469 e. The Balaban J connectivity index is 1.72. The van der Waals surface area contributed by atoms with E-state index >= 15 is 0 Å². The van der Waals surface area contributed by atoms with Gasteiger partial charge >= 0.3 is 5.97 Å². The van der Waals surface area contributed by atoms with Crippen LogP contribution in [0.5, 0.6) is 0 Å². The second kappa shape index (κ2) is 13.6. The number of benzene rings is 1. The zero-order chi connectivity index (χ0) is 21.8. The van der Waals surface area contributed by atoms with Crippen molar-refractivity contribution in [1.29, 1.82) is 0 Å². The Labute approximate surface area is 179 Å². The van der Waals surface area contributed by atoms with Crippen molar-refractivity contribution in [2.45, 2.75) is 76.0 Å². The van der Waals surface area contributed by atoms with Gasteiger partial charge in [-0.05, 0) is 56.1 Å². The lowest BCUT2D eigenvalue weighted by Crippen LogP contribution is -2.33. The number of carbonyl (C=O) groups excluding carboxylic acids is 1. The third kappa shape index (κ3) is 8.22. The highest BCUT2D eigenvalue weighted by Gasteiger charge is 2.41. The van der Waals surface area contributed by atoms with Gasteiger partial charge < -0.3 is 25.5 Å². The first-order valence-corrected chi connectivity index (χ1v) is 11.2. The number of ether oxygens (including phenoxy) is 1. The highest BCUT2D eigenvalue weighted by atomic mass is 16.5. The van der Waals surface area contributed by atoms with E-state index in [1.807, 2.05) is 30.3 Å². The average Bonchev–Trinajstić information content (AvgIpc) is 3.08. The maximum absolute atomic E-state index is 11.2. The molecule has 0 bridgehead atoms. The van der Waals surface area contributed by atoms with Crippen molar-refractivity contribution in [3.63, 3.8) is 0 Å². The van der Waals surface area contributed by atoms with Crippen LogP contribution in [0.1, 0.15) is 57.8 Å². The van der Waals surface area contributed by atoms with Gasteiger partial charge in [0.25, 0.3) is 0 Å². The predicted octanol–water partition coefficient (Wildman–Crippen LogP) is 3.10. The van der Waals surface area contributed by atoms with E-state index in [4.69, 9.17) is 0 Å². The molecule has 0 heterocycles. The number of unbranched alkanes of at least 4 members (excludes halogenated alkanes) is 3. The van der Waals surface area contributed by atoms with E-state index in [1.165, 1.54) is 7.11 Å². The van der Waals surface area contributed by atoms with E-state index in [0.717, 1.165) is 44.2 Å². The summed E-state index contributed by atoms with van der Waals surface area (Å²) in [5, 5.41) is 33.6. The maximum atomic E-state index is 11.2. The van der Waals surface area contributed by atoms with E-state index in [1.54, 1.807) is 0 Å². The van der Waals surface area contributed by atoms with Crippen molar-refractivity contribution >= 4 is 11.7 Å². The fourth-order valence-electron chi connectivity index (χ4n) is 4.55. The Kier molecular flexibility index (Phi) is 11.1. The van der Waals surface area contributed by atoms with Gasteiger partial charge in [-0.15, -0.1) is 0 Å². The van der Waals surface area contributed by atoms with Crippen molar-refractivity contribution < 1.29 is 25.0 Å². The van der Waals surface area contributed by atoms with Gasteiger partial charge in [0.1, 0.15) is 0 Å². The van der Waals surface area contributed by atoms with Gasteiger partial charge in [0, 0.05) is 24.7 Å². The highest BCUT2D eigenvalue weighted by Crippen LogP contribution is 2.39. The number of carbonyl (C=O) groups is 1. The number of aliphatic hydroxyl groups is 2. The molecule has 1 fully saturated rings. The smallest absolute Gasteiger partial charge is 0.305 e. The molecule has 7 nitrogen and oxygen atoms in total. The summed E-state index contributed by atoms with van der Waals surface area (Å²) in [7, 11) is 1.41. The molecule has 1 unspecified atom stereocenters. The van der Waals surface area contributed by atoms with Crippen molar-refractivity contribution in [3.8, 4) is 0 Å². The minimum atomic E-state index is -0.485. The van der Waals surface area contributed by atoms with E-state index in [2.05, 4.69) is 15.5 Å². The first-order chi connectivity index (χ1) is 14.5. The summed E-state index contributed by atoms with van der Waals surface area (Å²) in [6.45, 7) is 0.474. The van der Waals surface area contributed by atoms with Gasteiger partial charge in [0.2, 0.25) is 0 Å². The Morgan fingerprint density at radius 3 is 2.57 bits per heavy atom. The van der Waals surface area contributed by atoms with Gasteiger partial charge in [-0.25, -0.2) is 5.48 Å². The van der Waals surface area contributed by atoms with Crippen LogP contribution in [0, 0.1) is 11.8 Å². The van der Waals surface area contributed by atoms with Crippen molar-refractivity contribution in [2.75, 3.05) is 19.0 Å². The van der Waals surface area contributed by atoms with Gasteiger partial charge in [-0.3, -0.25) is 4.79 Å². The molecule has 170 valence electrons. The molecule has 7 heteroatoms. The summed E-state index contributed by atoms with van der Waals surface area (Å²) in [4.78, 5) is 11.2. The molecule has 5 atom stereocenters. The monoisotopic (exact) mass is 422 g/mol. The van der Waals surface area contributed by atoms with E-state index in [-0.39, 0.29) is 23.8 Å². The Hall–Kier alpha value is -1.67. The zero-order valence-corrected chi connectivity index (χ0v) is 18.0. The van der Waals surface area contributed by atoms with Crippen LogP contribution in [-0.4, -0.2) is 53.3 Å². The van der Waals surface area contributed by atoms with Crippen LogP contribution in [0.15, 0.2) is 30.3 Å². The van der Waals surface area contributed by atoms with Crippen LogP contribution in [0.3, 0.4) is 0 Å². The van der Waals surface area contributed by atoms with Crippen LogP contribution in [0.25, 0.3) is 0 Å². The minimum absolute atomic E-state index is 0.115. The molecule has 1 aliphatic rings. The van der Waals surface area contributed by atoms with Crippen LogP contribution < -0.4 is 10.8 Å². The lowest BCUT2D eigenvalue weighted by Gasteiger charge is -2.26. The summed E-state index contributed by atoms with van der Waals surface area (Å²) in [6.07, 6.45) is 6.10. The number of hydroxylamine groups is 1. The normalized spacial score (nSPS) is 24.5. The highest BCUT2D eigenvalue weighted by molar-refractivity contribution is 5.68. The number of hydrogen-bond donors (Lipinski definition) is 5. The van der Waals surface area contributed by atoms with Crippen LogP contribution in [0.2, 0.25) is 0 Å². The number of methoxy groups -OCH3 is 1. The van der Waals surface area contributed by atoms with Gasteiger partial charge in [0.15, 0.2) is 0 Å². The summed E-state index contributed by atoms with van der Waals surface area (Å²) >= 11 is 0. The molecule has 0 spiro atoms. The molecule has 5 N–H and O–H groups in total. The summed E-state index contributed by atoms with van der Waals surface area (Å²) in [5.74, 6) is 0.0782.